The SMILES string of the molecule is CNc1nc(CCNC(=O)c2cc(OC)cc(OC)c2)cs1. The van der Waals surface area contributed by atoms with E-state index in [9.17, 15) is 4.79 Å². The molecule has 0 radical (unpaired) electrons. The zero-order chi connectivity index (χ0) is 15.9. The van der Waals surface area contributed by atoms with E-state index in [1.54, 1.807) is 43.8 Å². The van der Waals surface area contributed by atoms with E-state index >= 15 is 0 Å². The topological polar surface area (TPSA) is 72.5 Å². The number of thiazole rings is 1. The fraction of sp³-hybridized carbons (Fsp3) is 0.333. The number of carbonyl (C=O) groups is 1. The molecule has 0 bridgehead atoms. The fourth-order valence-corrected chi connectivity index (χ4v) is 2.59. The summed E-state index contributed by atoms with van der Waals surface area (Å²) >= 11 is 1.55. The predicted molar refractivity (Wildman–Crippen MR) is 87.2 cm³/mol. The zero-order valence-electron chi connectivity index (χ0n) is 12.8. The van der Waals surface area contributed by atoms with E-state index in [0.717, 1.165) is 10.8 Å². The first-order valence-electron chi connectivity index (χ1n) is 6.79. The molecule has 0 fully saturated rings. The van der Waals surface area contributed by atoms with Crippen LogP contribution < -0.4 is 20.1 Å². The molecular formula is C15H19N3O3S. The van der Waals surface area contributed by atoms with Gasteiger partial charge in [0.25, 0.3) is 5.91 Å². The molecule has 2 aromatic rings. The monoisotopic (exact) mass is 321 g/mol. The van der Waals surface area contributed by atoms with E-state index in [4.69, 9.17) is 9.47 Å². The van der Waals surface area contributed by atoms with E-state index < -0.39 is 0 Å². The maximum Gasteiger partial charge on any atom is 0.251 e. The third-order valence-corrected chi connectivity index (χ3v) is 3.95. The van der Waals surface area contributed by atoms with Gasteiger partial charge < -0.3 is 20.1 Å². The number of amides is 1. The average Bonchev–Trinajstić information content (AvgIpc) is 3.02. The summed E-state index contributed by atoms with van der Waals surface area (Å²) < 4.78 is 10.3. The Bertz CT molecular complexity index is 620. The van der Waals surface area contributed by atoms with E-state index in [1.165, 1.54) is 0 Å². The van der Waals surface area contributed by atoms with Crippen molar-refractivity contribution in [1.29, 1.82) is 0 Å². The van der Waals surface area contributed by atoms with Crippen LogP contribution in [0, 0.1) is 0 Å². The van der Waals surface area contributed by atoms with Crippen LogP contribution in [0.4, 0.5) is 5.13 Å². The van der Waals surface area contributed by atoms with Crippen LogP contribution in [-0.2, 0) is 6.42 Å². The lowest BCUT2D eigenvalue weighted by Crippen LogP contribution is -2.25. The second kappa shape index (κ2) is 7.65. The van der Waals surface area contributed by atoms with Crippen molar-refractivity contribution in [2.45, 2.75) is 6.42 Å². The normalized spacial score (nSPS) is 10.1. The van der Waals surface area contributed by atoms with Gasteiger partial charge in [0.05, 0.1) is 19.9 Å². The van der Waals surface area contributed by atoms with Crippen molar-refractivity contribution < 1.29 is 14.3 Å². The number of carbonyl (C=O) groups excluding carboxylic acids is 1. The van der Waals surface area contributed by atoms with Crippen LogP contribution in [-0.4, -0.2) is 38.7 Å². The number of nitrogens with one attached hydrogen (secondary N) is 2. The molecule has 0 saturated carbocycles. The van der Waals surface area contributed by atoms with Crippen LogP contribution in [0.15, 0.2) is 23.6 Å². The number of aromatic nitrogens is 1. The third kappa shape index (κ3) is 4.11. The molecule has 2 rings (SSSR count). The lowest BCUT2D eigenvalue weighted by atomic mass is 10.2. The molecule has 22 heavy (non-hydrogen) atoms. The molecule has 0 aliphatic heterocycles. The first-order chi connectivity index (χ1) is 10.7. The van der Waals surface area contributed by atoms with Gasteiger partial charge >= 0.3 is 0 Å². The van der Waals surface area contributed by atoms with Gasteiger partial charge in [-0.05, 0) is 12.1 Å². The highest BCUT2D eigenvalue weighted by molar-refractivity contribution is 7.13. The molecule has 0 atom stereocenters. The Balaban J connectivity index is 1.94. The summed E-state index contributed by atoms with van der Waals surface area (Å²) in [7, 11) is 4.94. The van der Waals surface area contributed by atoms with Crippen LogP contribution in [0.3, 0.4) is 0 Å². The molecule has 0 aliphatic carbocycles. The summed E-state index contributed by atoms with van der Waals surface area (Å²) in [5.41, 5.74) is 1.46. The number of hydrogen-bond donors (Lipinski definition) is 2. The summed E-state index contributed by atoms with van der Waals surface area (Å²) in [5, 5.41) is 8.71. The van der Waals surface area contributed by atoms with Crippen molar-refractivity contribution in [3.05, 3.63) is 34.8 Å². The minimum absolute atomic E-state index is 0.165. The summed E-state index contributed by atoms with van der Waals surface area (Å²) in [6, 6.07) is 5.09. The first kappa shape index (κ1) is 16.1. The minimum Gasteiger partial charge on any atom is -0.497 e. The minimum atomic E-state index is -0.165. The van der Waals surface area contributed by atoms with Crippen molar-refractivity contribution in [3.8, 4) is 11.5 Å². The van der Waals surface area contributed by atoms with E-state index in [1.807, 2.05) is 12.4 Å². The Morgan fingerprint density at radius 3 is 2.45 bits per heavy atom. The molecule has 0 saturated heterocycles. The molecule has 1 amide bonds. The van der Waals surface area contributed by atoms with Gasteiger partial charge in [-0.2, -0.15) is 0 Å². The Hall–Kier alpha value is -2.28. The quantitative estimate of drug-likeness (QED) is 0.818. The standard InChI is InChI=1S/C15H19N3O3S/c1-16-15-18-11(9-22-15)4-5-17-14(19)10-6-12(20-2)8-13(7-10)21-3/h6-9H,4-5H2,1-3H3,(H,16,18)(H,17,19). The number of hydrogen-bond acceptors (Lipinski definition) is 6. The predicted octanol–water partition coefficient (Wildman–Crippen LogP) is 2.17. The van der Waals surface area contributed by atoms with Gasteiger partial charge in [0, 0.05) is 37.0 Å². The lowest BCUT2D eigenvalue weighted by molar-refractivity contribution is 0.0953. The Morgan fingerprint density at radius 1 is 1.23 bits per heavy atom. The second-order valence-electron chi connectivity index (χ2n) is 4.50. The van der Waals surface area contributed by atoms with E-state index in [2.05, 4.69) is 15.6 Å². The van der Waals surface area contributed by atoms with Crippen molar-refractivity contribution in [1.82, 2.24) is 10.3 Å². The summed E-state index contributed by atoms with van der Waals surface area (Å²) in [6.45, 7) is 0.519. The van der Waals surface area contributed by atoms with Crippen molar-refractivity contribution in [3.63, 3.8) is 0 Å². The van der Waals surface area contributed by atoms with Crippen LogP contribution in [0.25, 0.3) is 0 Å². The van der Waals surface area contributed by atoms with Crippen molar-refractivity contribution in [2.24, 2.45) is 0 Å². The van der Waals surface area contributed by atoms with E-state index in [0.29, 0.717) is 30.0 Å². The largest absolute Gasteiger partial charge is 0.497 e. The van der Waals surface area contributed by atoms with E-state index in [-0.39, 0.29) is 5.91 Å². The molecule has 6 nitrogen and oxygen atoms in total. The summed E-state index contributed by atoms with van der Waals surface area (Å²) in [6.07, 6.45) is 0.686. The van der Waals surface area contributed by atoms with Gasteiger partial charge in [-0.1, -0.05) is 0 Å². The molecule has 1 heterocycles. The molecule has 0 unspecified atom stereocenters. The molecule has 0 aliphatic rings. The number of rotatable bonds is 7. The number of ether oxygens (including phenoxy) is 2. The fourth-order valence-electron chi connectivity index (χ4n) is 1.88. The summed E-state index contributed by atoms with van der Waals surface area (Å²) in [4.78, 5) is 16.5. The maximum atomic E-state index is 12.2. The van der Waals surface area contributed by atoms with Crippen LogP contribution in [0.2, 0.25) is 0 Å². The van der Waals surface area contributed by atoms with Gasteiger partial charge in [-0.15, -0.1) is 11.3 Å². The molecule has 118 valence electrons. The smallest absolute Gasteiger partial charge is 0.251 e. The highest BCUT2D eigenvalue weighted by Gasteiger charge is 2.10. The maximum absolute atomic E-state index is 12.2. The first-order valence-corrected chi connectivity index (χ1v) is 7.67. The lowest BCUT2D eigenvalue weighted by Gasteiger charge is -2.09. The Labute approximate surface area is 133 Å². The molecule has 0 spiro atoms. The van der Waals surface area contributed by atoms with Gasteiger partial charge in [0.1, 0.15) is 11.5 Å². The number of anilines is 1. The van der Waals surface area contributed by atoms with Gasteiger partial charge in [-0.3, -0.25) is 4.79 Å². The molecule has 2 N–H and O–H groups in total. The highest BCUT2D eigenvalue weighted by atomic mass is 32.1. The van der Waals surface area contributed by atoms with Crippen molar-refractivity contribution in [2.75, 3.05) is 33.1 Å². The number of nitrogens with zero attached hydrogens (tertiary/aromatic N) is 1. The van der Waals surface area contributed by atoms with Crippen LogP contribution >= 0.6 is 11.3 Å². The molecule has 1 aromatic carbocycles. The molecule has 7 heteroatoms. The summed E-state index contributed by atoms with van der Waals surface area (Å²) in [5.74, 6) is 1.01. The van der Waals surface area contributed by atoms with Crippen LogP contribution in [0.5, 0.6) is 11.5 Å². The Morgan fingerprint density at radius 2 is 1.91 bits per heavy atom. The van der Waals surface area contributed by atoms with Gasteiger partial charge in [0.2, 0.25) is 0 Å². The number of methoxy groups -OCH3 is 2. The molecule has 1 aromatic heterocycles. The number of benzene rings is 1. The van der Waals surface area contributed by atoms with Crippen LogP contribution in [0.1, 0.15) is 16.1 Å². The zero-order valence-corrected chi connectivity index (χ0v) is 13.6. The molecular weight excluding hydrogens is 302 g/mol. The Kier molecular flexibility index (Phi) is 5.60. The van der Waals surface area contributed by atoms with Gasteiger partial charge in [-0.25, -0.2) is 4.98 Å². The highest BCUT2D eigenvalue weighted by Crippen LogP contribution is 2.22. The second-order valence-corrected chi connectivity index (χ2v) is 5.36. The van der Waals surface area contributed by atoms with Gasteiger partial charge in [0.15, 0.2) is 5.13 Å². The average molecular weight is 321 g/mol. The third-order valence-electron chi connectivity index (χ3n) is 3.05. The van der Waals surface area contributed by atoms with Crippen molar-refractivity contribution >= 4 is 22.4 Å².